The van der Waals surface area contributed by atoms with Crippen LogP contribution in [0.3, 0.4) is 0 Å². The van der Waals surface area contributed by atoms with Crippen LogP contribution in [-0.2, 0) is 11.3 Å². The monoisotopic (exact) mass is 361 g/mol. The third kappa shape index (κ3) is 6.37. The van der Waals surface area contributed by atoms with Gasteiger partial charge in [-0.15, -0.1) is 12.4 Å². The van der Waals surface area contributed by atoms with Crippen LogP contribution in [0.5, 0.6) is 0 Å². The van der Waals surface area contributed by atoms with Crippen molar-refractivity contribution >= 4 is 29.8 Å². The number of halogens is 1. The lowest BCUT2D eigenvalue weighted by Gasteiger charge is -2.17. The topological polar surface area (TPSA) is 122 Å². The van der Waals surface area contributed by atoms with Gasteiger partial charge >= 0.3 is 5.69 Å². The quantitative estimate of drug-likeness (QED) is 0.525. The van der Waals surface area contributed by atoms with Crippen LogP contribution in [0.25, 0.3) is 0 Å². The molecule has 1 heterocycles. The van der Waals surface area contributed by atoms with Crippen LogP contribution in [0.4, 0.5) is 11.5 Å². The van der Waals surface area contributed by atoms with Gasteiger partial charge in [-0.25, -0.2) is 4.79 Å². The summed E-state index contributed by atoms with van der Waals surface area (Å²) in [5.41, 5.74) is 4.45. The molecule has 0 bridgehead atoms. The summed E-state index contributed by atoms with van der Waals surface area (Å²) in [6.07, 6.45) is 2.49. The number of aromatic amines is 1. The standard InChI is InChI=1S/C15H27N5O3.ClH/c1-4-5-8-20-13(18-11(21)9-16)12(14(22)19-15(20)23)17-7-6-10(2)3;/h10,17H,4-9,16H2,1-3H3,(H,18,21)(H,19,22,23);1H. The Balaban J connectivity index is 0.00000529. The van der Waals surface area contributed by atoms with E-state index in [1.165, 1.54) is 4.57 Å². The highest BCUT2D eigenvalue weighted by Crippen LogP contribution is 2.16. The van der Waals surface area contributed by atoms with E-state index in [1.54, 1.807) is 0 Å². The van der Waals surface area contributed by atoms with Crippen molar-refractivity contribution in [2.75, 3.05) is 23.7 Å². The maximum absolute atomic E-state index is 12.1. The average Bonchev–Trinajstić information content (AvgIpc) is 2.49. The SMILES string of the molecule is CCCCn1c(NC(=O)CN)c(NCCC(C)C)c(=O)[nH]c1=O.Cl. The molecule has 1 aromatic heterocycles. The summed E-state index contributed by atoms with van der Waals surface area (Å²) in [4.78, 5) is 38.2. The highest BCUT2D eigenvalue weighted by Gasteiger charge is 2.16. The molecule has 5 N–H and O–H groups in total. The smallest absolute Gasteiger partial charge is 0.330 e. The van der Waals surface area contributed by atoms with Gasteiger partial charge in [0.2, 0.25) is 5.91 Å². The van der Waals surface area contributed by atoms with E-state index in [2.05, 4.69) is 29.5 Å². The van der Waals surface area contributed by atoms with Crippen LogP contribution < -0.4 is 27.6 Å². The lowest BCUT2D eigenvalue weighted by molar-refractivity contribution is -0.114. The van der Waals surface area contributed by atoms with E-state index < -0.39 is 17.2 Å². The summed E-state index contributed by atoms with van der Waals surface area (Å²) in [6, 6.07) is 0. The molecule has 0 aliphatic heterocycles. The third-order valence-electron chi connectivity index (χ3n) is 3.40. The van der Waals surface area contributed by atoms with Gasteiger partial charge in [0.15, 0.2) is 0 Å². The van der Waals surface area contributed by atoms with Crippen molar-refractivity contribution in [3.8, 4) is 0 Å². The van der Waals surface area contributed by atoms with E-state index in [4.69, 9.17) is 5.73 Å². The van der Waals surface area contributed by atoms with E-state index in [1.807, 2.05) is 6.92 Å². The van der Waals surface area contributed by atoms with Gasteiger partial charge < -0.3 is 16.4 Å². The molecule has 0 saturated carbocycles. The zero-order valence-electron chi connectivity index (χ0n) is 14.5. The summed E-state index contributed by atoms with van der Waals surface area (Å²) >= 11 is 0. The molecule has 9 heteroatoms. The summed E-state index contributed by atoms with van der Waals surface area (Å²) in [5, 5.41) is 5.60. The Morgan fingerprint density at radius 1 is 1.33 bits per heavy atom. The molecule has 24 heavy (non-hydrogen) atoms. The van der Waals surface area contributed by atoms with Crippen molar-refractivity contribution in [3.05, 3.63) is 20.8 Å². The number of carbonyl (C=O) groups is 1. The van der Waals surface area contributed by atoms with Crippen molar-refractivity contribution in [3.63, 3.8) is 0 Å². The Morgan fingerprint density at radius 3 is 2.54 bits per heavy atom. The fourth-order valence-electron chi connectivity index (χ4n) is 2.06. The van der Waals surface area contributed by atoms with Crippen molar-refractivity contribution in [1.82, 2.24) is 9.55 Å². The predicted molar refractivity (Wildman–Crippen MR) is 99.1 cm³/mol. The maximum Gasteiger partial charge on any atom is 0.330 e. The second kappa shape index (κ2) is 10.9. The molecule has 0 radical (unpaired) electrons. The second-order valence-electron chi connectivity index (χ2n) is 5.85. The van der Waals surface area contributed by atoms with Crippen molar-refractivity contribution in [2.45, 2.75) is 46.6 Å². The first kappa shape index (κ1) is 22.2. The minimum atomic E-state index is -0.543. The predicted octanol–water partition coefficient (Wildman–Crippen LogP) is 1.11. The van der Waals surface area contributed by atoms with Gasteiger partial charge in [0.25, 0.3) is 5.56 Å². The van der Waals surface area contributed by atoms with Crippen LogP contribution in [0.2, 0.25) is 0 Å². The normalized spacial score (nSPS) is 10.4. The number of nitrogens with one attached hydrogen (secondary N) is 3. The fourth-order valence-corrected chi connectivity index (χ4v) is 2.06. The molecular weight excluding hydrogens is 334 g/mol. The first-order chi connectivity index (χ1) is 10.9. The number of H-pyrrole nitrogens is 1. The molecule has 1 aromatic rings. The Morgan fingerprint density at radius 2 is 2.00 bits per heavy atom. The minimum absolute atomic E-state index is 0. The molecular formula is C15H28ClN5O3. The van der Waals surface area contributed by atoms with Crippen LogP contribution >= 0.6 is 12.4 Å². The van der Waals surface area contributed by atoms with Crippen LogP contribution in [0.15, 0.2) is 9.59 Å². The lowest BCUT2D eigenvalue weighted by Crippen LogP contribution is -2.36. The minimum Gasteiger partial charge on any atom is -0.378 e. The highest BCUT2D eigenvalue weighted by molar-refractivity contribution is 5.94. The van der Waals surface area contributed by atoms with Gasteiger partial charge in [-0.3, -0.25) is 19.1 Å². The number of rotatable bonds is 9. The van der Waals surface area contributed by atoms with Crippen molar-refractivity contribution in [2.24, 2.45) is 11.7 Å². The molecule has 138 valence electrons. The van der Waals surface area contributed by atoms with Crippen LogP contribution in [0.1, 0.15) is 40.0 Å². The van der Waals surface area contributed by atoms with E-state index >= 15 is 0 Å². The Labute approximate surface area is 147 Å². The molecule has 0 saturated heterocycles. The van der Waals surface area contributed by atoms with E-state index in [0.717, 1.165) is 19.3 Å². The fraction of sp³-hybridized carbons (Fsp3) is 0.667. The largest absolute Gasteiger partial charge is 0.378 e. The molecule has 1 rings (SSSR count). The summed E-state index contributed by atoms with van der Waals surface area (Å²) in [5.74, 6) is 0.202. The lowest BCUT2D eigenvalue weighted by atomic mass is 10.1. The summed E-state index contributed by atoms with van der Waals surface area (Å²) < 4.78 is 1.37. The second-order valence-corrected chi connectivity index (χ2v) is 5.85. The van der Waals surface area contributed by atoms with Crippen molar-refractivity contribution in [1.29, 1.82) is 0 Å². The van der Waals surface area contributed by atoms with Crippen molar-refractivity contribution < 1.29 is 4.79 Å². The number of hydrogen-bond acceptors (Lipinski definition) is 5. The molecule has 0 aliphatic carbocycles. The first-order valence-corrected chi connectivity index (χ1v) is 8.01. The molecule has 8 nitrogen and oxygen atoms in total. The number of aromatic nitrogens is 2. The number of carbonyl (C=O) groups excluding carboxylic acids is 1. The molecule has 0 spiro atoms. The van der Waals surface area contributed by atoms with Gasteiger partial charge in [0.05, 0.1) is 6.54 Å². The Bertz CT molecular complexity index is 639. The molecule has 1 amide bonds. The zero-order valence-corrected chi connectivity index (χ0v) is 15.3. The van der Waals surface area contributed by atoms with Gasteiger partial charge in [-0.1, -0.05) is 27.2 Å². The maximum atomic E-state index is 12.1. The van der Waals surface area contributed by atoms with Crippen LogP contribution in [0, 0.1) is 5.92 Å². The summed E-state index contributed by atoms with van der Waals surface area (Å²) in [6.45, 7) is 6.90. The summed E-state index contributed by atoms with van der Waals surface area (Å²) in [7, 11) is 0. The average molecular weight is 362 g/mol. The van der Waals surface area contributed by atoms with Gasteiger partial charge in [-0.2, -0.15) is 0 Å². The number of nitrogens with two attached hydrogens (primary N) is 1. The Hall–Kier alpha value is -1.80. The molecule has 0 aliphatic rings. The number of anilines is 2. The van der Waals surface area contributed by atoms with Gasteiger partial charge in [-0.05, 0) is 18.8 Å². The molecule has 0 fully saturated rings. The Kier molecular flexibility index (Phi) is 10.1. The zero-order chi connectivity index (χ0) is 17.4. The van der Waals surface area contributed by atoms with E-state index in [9.17, 15) is 14.4 Å². The number of nitrogens with zero attached hydrogens (tertiary/aromatic N) is 1. The number of hydrogen-bond donors (Lipinski definition) is 4. The van der Waals surface area contributed by atoms with Gasteiger partial charge in [0, 0.05) is 13.1 Å². The molecule has 0 unspecified atom stereocenters. The van der Waals surface area contributed by atoms with E-state index in [-0.39, 0.29) is 30.5 Å². The molecule has 0 aromatic carbocycles. The number of amides is 1. The highest BCUT2D eigenvalue weighted by atomic mass is 35.5. The molecule has 0 atom stereocenters. The first-order valence-electron chi connectivity index (χ1n) is 8.01. The van der Waals surface area contributed by atoms with Crippen LogP contribution in [-0.4, -0.2) is 28.5 Å². The van der Waals surface area contributed by atoms with Gasteiger partial charge in [0.1, 0.15) is 11.5 Å². The number of unbranched alkanes of at least 4 members (excludes halogenated alkanes) is 1. The van der Waals surface area contributed by atoms with E-state index in [0.29, 0.717) is 19.0 Å². The third-order valence-corrected chi connectivity index (χ3v) is 3.40.